The third-order valence-electron chi connectivity index (χ3n) is 3.33. The summed E-state index contributed by atoms with van der Waals surface area (Å²) in [6.07, 6.45) is 0.476. The van der Waals surface area contributed by atoms with Crippen LogP contribution < -0.4 is 15.2 Å². The van der Waals surface area contributed by atoms with E-state index in [1.54, 1.807) is 0 Å². The van der Waals surface area contributed by atoms with E-state index in [4.69, 9.17) is 20.3 Å². The molecule has 0 aromatic heterocycles. The highest BCUT2D eigenvalue weighted by atomic mass is 16.7. The van der Waals surface area contributed by atoms with E-state index in [1.807, 2.05) is 19.9 Å². The second kappa shape index (κ2) is 4.86. The summed E-state index contributed by atoms with van der Waals surface area (Å²) in [5, 5.41) is 8.69. The van der Waals surface area contributed by atoms with Gasteiger partial charge in [-0.1, -0.05) is 0 Å². The van der Waals surface area contributed by atoms with Crippen LogP contribution >= 0.6 is 0 Å². The molecule has 0 spiro atoms. The molecule has 5 heteroatoms. The van der Waals surface area contributed by atoms with E-state index in [0.29, 0.717) is 12.2 Å². The van der Waals surface area contributed by atoms with E-state index in [1.165, 1.54) is 0 Å². The quantitative estimate of drug-likeness (QED) is 0.854. The molecule has 0 saturated carbocycles. The minimum atomic E-state index is -0.833. The highest BCUT2D eigenvalue weighted by Gasteiger charge is 2.22. The maximum Gasteiger partial charge on any atom is 0.303 e. The normalized spacial score (nSPS) is 14.6. The molecule has 0 radical (unpaired) electrons. The molecular formula is C13H17NO4. The SMILES string of the molecule is Cc1c(C(N)CCC(=O)O)cc2c(c1C)OCO2. The smallest absolute Gasteiger partial charge is 0.303 e. The van der Waals surface area contributed by atoms with E-state index >= 15 is 0 Å². The van der Waals surface area contributed by atoms with Crippen molar-refractivity contribution in [1.82, 2.24) is 0 Å². The van der Waals surface area contributed by atoms with Gasteiger partial charge in [0.15, 0.2) is 11.5 Å². The predicted octanol–water partition coefficient (Wildman–Crippen LogP) is 1.90. The van der Waals surface area contributed by atoms with Gasteiger partial charge in [0.05, 0.1) is 0 Å². The summed E-state index contributed by atoms with van der Waals surface area (Å²) in [5.74, 6) is 0.626. The number of ether oxygens (including phenoxy) is 2. The lowest BCUT2D eigenvalue weighted by Gasteiger charge is -2.17. The first-order chi connectivity index (χ1) is 8.50. The van der Waals surface area contributed by atoms with E-state index in [2.05, 4.69) is 0 Å². The number of rotatable bonds is 4. The van der Waals surface area contributed by atoms with Gasteiger partial charge in [-0.3, -0.25) is 4.79 Å². The number of fused-ring (bicyclic) bond motifs is 1. The molecule has 3 N–H and O–H groups in total. The summed E-state index contributed by atoms with van der Waals surface area (Å²) in [5.41, 5.74) is 9.02. The van der Waals surface area contributed by atoms with Crippen LogP contribution in [0.1, 0.15) is 35.6 Å². The zero-order valence-corrected chi connectivity index (χ0v) is 10.5. The third-order valence-corrected chi connectivity index (χ3v) is 3.33. The molecule has 1 aliphatic rings. The van der Waals surface area contributed by atoms with Crippen LogP contribution in [0.5, 0.6) is 11.5 Å². The number of nitrogens with two attached hydrogens (primary N) is 1. The molecular weight excluding hydrogens is 234 g/mol. The first-order valence-corrected chi connectivity index (χ1v) is 5.87. The molecule has 0 fully saturated rings. The van der Waals surface area contributed by atoms with Gasteiger partial charge in [0.2, 0.25) is 6.79 Å². The Labute approximate surface area is 106 Å². The van der Waals surface area contributed by atoms with Crippen LogP contribution in [-0.4, -0.2) is 17.9 Å². The van der Waals surface area contributed by atoms with Gasteiger partial charge >= 0.3 is 5.97 Å². The monoisotopic (exact) mass is 251 g/mol. The molecule has 1 aliphatic heterocycles. The topological polar surface area (TPSA) is 81.8 Å². The van der Waals surface area contributed by atoms with Gasteiger partial charge in [0.1, 0.15) is 0 Å². The molecule has 98 valence electrons. The molecule has 0 amide bonds. The van der Waals surface area contributed by atoms with Crippen molar-refractivity contribution in [3.05, 3.63) is 22.8 Å². The fourth-order valence-corrected chi connectivity index (χ4v) is 2.14. The summed E-state index contributed by atoms with van der Waals surface area (Å²) in [7, 11) is 0. The maximum absolute atomic E-state index is 10.6. The van der Waals surface area contributed by atoms with E-state index < -0.39 is 5.97 Å². The van der Waals surface area contributed by atoms with Crippen molar-refractivity contribution in [3.8, 4) is 11.5 Å². The van der Waals surface area contributed by atoms with Crippen LogP contribution in [0, 0.1) is 13.8 Å². The van der Waals surface area contributed by atoms with Crippen LogP contribution in [0.25, 0.3) is 0 Å². The summed E-state index contributed by atoms with van der Waals surface area (Å²) in [6, 6.07) is 1.56. The van der Waals surface area contributed by atoms with Gasteiger partial charge in [-0.15, -0.1) is 0 Å². The molecule has 0 saturated heterocycles. The van der Waals surface area contributed by atoms with Crippen molar-refractivity contribution < 1.29 is 19.4 Å². The highest BCUT2D eigenvalue weighted by Crippen LogP contribution is 2.40. The first kappa shape index (κ1) is 12.7. The number of carboxylic acids is 1. The molecule has 18 heavy (non-hydrogen) atoms. The molecule has 1 atom stereocenters. The molecule has 0 aliphatic carbocycles. The Morgan fingerprint density at radius 3 is 2.83 bits per heavy atom. The largest absolute Gasteiger partial charge is 0.481 e. The van der Waals surface area contributed by atoms with Crippen molar-refractivity contribution in [3.63, 3.8) is 0 Å². The van der Waals surface area contributed by atoms with Gasteiger partial charge in [0.25, 0.3) is 0 Å². The van der Waals surface area contributed by atoms with Gasteiger partial charge in [-0.2, -0.15) is 0 Å². The molecule has 1 aromatic carbocycles. The first-order valence-electron chi connectivity index (χ1n) is 5.87. The minimum absolute atomic E-state index is 0.0636. The van der Waals surface area contributed by atoms with Gasteiger partial charge < -0.3 is 20.3 Å². The number of hydrogen-bond donors (Lipinski definition) is 2. The van der Waals surface area contributed by atoms with Crippen molar-refractivity contribution in [2.45, 2.75) is 32.7 Å². The second-order valence-electron chi connectivity index (χ2n) is 4.49. The minimum Gasteiger partial charge on any atom is -0.481 e. The Balaban J connectivity index is 2.28. The van der Waals surface area contributed by atoms with Crippen LogP contribution in [0.15, 0.2) is 6.07 Å². The van der Waals surface area contributed by atoms with Gasteiger partial charge in [0, 0.05) is 12.5 Å². The van der Waals surface area contributed by atoms with Crippen LogP contribution in [0.2, 0.25) is 0 Å². The van der Waals surface area contributed by atoms with E-state index in [0.717, 1.165) is 22.4 Å². The highest BCUT2D eigenvalue weighted by molar-refractivity contribution is 5.66. The Hall–Kier alpha value is -1.75. The second-order valence-corrected chi connectivity index (χ2v) is 4.49. The van der Waals surface area contributed by atoms with Crippen LogP contribution in [0.3, 0.4) is 0 Å². The standard InChI is InChI=1S/C13H17NO4/c1-7-8(2)13-11(17-6-18-13)5-9(7)10(14)3-4-12(15)16/h5,10H,3-4,6,14H2,1-2H3,(H,15,16). The molecule has 0 bridgehead atoms. The number of carboxylic acid groups (broad SMARTS) is 1. The van der Waals surface area contributed by atoms with Crippen molar-refractivity contribution in [1.29, 1.82) is 0 Å². The summed E-state index contributed by atoms with van der Waals surface area (Å²) in [6.45, 7) is 4.15. The molecule has 1 unspecified atom stereocenters. The van der Waals surface area contributed by atoms with Crippen LogP contribution in [-0.2, 0) is 4.79 Å². The summed E-state index contributed by atoms with van der Waals surface area (Å²) < 4.78 is 10.7. The Morgan fingerprint density at radius 2 is 2.17 bits per heavy atom. The summed E-state index contributed by atoms with van der Waals surface area (Å²) in [4.78, 5) is 10.6. The number of aliphatic carboxylic acids is 1. The molecule has 1 aromatic rings. The van der Waals surface area contributed by atoms with E-state index in [9.17, 15) is 4.79 Å². The number of benzene rings is 1. The number of carbonyl (C=O) groups is 1. The lowest BCUT2D eigenvalue weighted by atomic mass is 9.94. The Morgan fingerprint density at radius 1 is 1.44 bits per heavy atom. The maximum atomic E-state index is 10.6. The summed E-state index contributed by atoms with van der Waals surface area (Å²) >= 11 is 0. The molecule has 2 rings (SSSR count). The fraction of sp³-hybridized carbons (Fsp3) is 0.462. The third kappa shape index (κ3) is 2.26. The van der Waals surface area contributed by atoms with Gasteiger partial charge in [-0.05, 0) is 43.0 Å². The fourth-order valence-electron chi connectivity index (χ4n) is 2.14. The van der Waals surface area contributed by atoms with Crippen molar-refractivity contribution >= 4 is 5.97 Å². The predicted molar refractivity (Wildman–Crippen MR) is 65.8 cm³/mol. The molecule has 1 heterocycles. The number of hydrogen-bond acceptors (Lipinski definition) is 4. The van der Waals surface area contributed by atoms with E-state index in [-0.39, 0.29) is 19.3 Å². The van der Waals surface area contributed by atoms with Crippen molar-refractivity contribution in [2.75, 3.05) is 6.79 Å². The lowest BCUT2D eigenvalue weighted by molar-refractivity contribution is -0.137. The molecule has 5 nitrogen and oxygen atoms in total. The van der Waals surface area contributed by atoms with Crippen molar-refractivity contribution in [2.24, 2.45) is 5.73 Å². The zero-order valence-electron chi connectivity index (χ0n) is 10.5. The zero-order chi connectivity index (χ0) is 13.3. The lowest BCUT2D eigenvalue weighted by Crippen LogP contribution is -2.14. The van der Waals surface area contributed by atoms with Crippen LogP contribution in [0.4, 0.5) is 0 Å². The Kier molecular flexibility index (Phi) is 3.43. The van der Waals surface area contributed by atoms with Gasteiger partial charge in [-0.25, -0.2) is 0 Å². The average molecular weight is 251 g/mol. The average Bonchev–Trinajstić information content (AvgIpc) is 2.79. The Bertz CT molecular complexity index is 484.